The van der Waals surface area contributed by atoms with Crippen molar-refractivity contribution < 1.29 is 24.2 Å². The Morgan fingerprint density at radius 3 is 2.23 bits per heavy atom. The van der Waals surface area contributed by atoms with E-state index in [4.69, 9.17) is 19.4 Å². The van der Waals surface area contributed by atoms with Gasteiger partial charge in [-0.05, 0) is 44.8 Å². The van der Waals surface area contributed by atoms with Crippen LogP contribution in [0.25, 0.3) is 16.8 Å². The fourth-order valence-electron chi connectivity index (χ4n) is 3.17. The topological polar surface area (TPSA) is 118 Å². The summed E-state index contributed by atoms with van der Waals surface area (Å²) in [6.07, 6.45) is 1.94. The maximum Gasteiger partial charge on any atom is 0.290 e. The van der Waals surface area contributed by atoms with Crippen LogP contribution < -0.4 is 14.8 Å². The van der Waals surface area contributed by atoms with Crippen molar-refractivity contribution in [3.63, 3.8) is 0 Å². The molecule has 0 atom stereocenters. The zero-order chi connectivity index (χ0) is 23.1. The predicted octanol–water partition coefficient (Wildman–Crippen LogP) is 2.44. The van der Waals surface area contributed by atoms with Crippen LogP contribution in [0.3, 0.4) is 0 Å². The molecule has 0 saturated heterocycles. The van der Waals surface area contributed by atoms with Crippen LogP contribution >= 0.6 is 0 Å². The molecule has 31 heavy (non-hydrogen) atoms. The molecule has 0 unspecified atom stereocenters. The van der Waals surface area contributed by atoms with Gasteiger partial charge in [-0.1, -0.05) is 0 Å². The minimum Gasteiger partial charge on any atom is -0.496 e. The second-order valence-electron chi connectivity index (χ2n) is 6.97. The van der Waals surface area contributed by atoms with Crippen molar-refractivity contribution in [2.24, 2.45) is 0 Å². The number of nitrogens with zero attached hydrogens (tertiary/aromatic N) is 4. The van der Waals surface area contributed by atoms with Gasteiger partial charge in [-0.25, -0.2) is 0 Å². The van der Waals surface area contributed by atoms with Gasteiger partial charge in [0.15, 0.2) is 5.65 Å². The third-order valence-electron chi connectivity index (χ3n) is 4.40. The smallest absolute Gasteiger partial charge is 0.290 e. The summed E-state index contributed by atoms with van der Waals surface area (Å²) in [7, 11) is 7.28. The highest BCUT2D eigenvalue weighted by molar-refractivity contribution is 5.94. The molecule has 0 fully saturated rings. The summed E-state index contributed by atoms with van der Waals surface area (Å²) in [6, 6.07) is 5.82. The number of methoxy groups -OCH3 is 2. The molecular formula is C21H27N5O5. The highest BCUT2D eigenvalue weighted by atomic mass is 16.5. The Kier molecular flexibility index (Phi) is 7.92. The van der Waals surface area contributed by atoms with Crippen molar-refractivity contribution >= 4 is 23.7 Å². The standard InChI is InChI=1S/C20H25N5O3.CH2O2/c1-12-22-23-20-17(21-13(2)26)7-15(10-25(12)20)14-8-18(27-5)16(11-24(3)4)19(9-14)28-6;2-1-3/h7-10H,11H2,1-6H3,(H,21,26);1H,(H,2,3). The molecule has 0 radical (unpaired) electrons. The number of fused-ring (bicyclic) bond motifs is 1. The van der Waals surface area contributed by atoms with Crippen LogP contribution in [0.4, 0.5) is 5.69 Å². The molecule has 2 heterocycles. The van der Waals surface area contributed by atoms with Gasteiger partial charge in [0.1, 0.15) is 17.3 Å². The first kappa shape index (κ1) is 23.6. The molecule has 0 aliphatic carbocycles. The predicted molar refractivity (Wildman–Crippen MR) is 117 cm³/mol. The van der Waals surface area contributed by atoms with Crippen LogP contribution in [-0.2, 0) is 16.1 Å². The lowest BCUT2D eigenvalue weighted by atomic mass is 10.0. The summed E-state index contributed by atoms with van der Waals surface area (Å²) in [5.41, 5.74) is 3.95. The highest BCUT2D eigenvalue weighted by Crippen LogP contribution is 2.37. The lowest BCUT2D eigenvalue weighted by Crippen LogP contribution is -2.13. The SMILES string of the molecule is COc1cc(-c2cc(NC(C)=O)c3nnc(C)n3c2)cc(OC)c1CN(C)C.O=CO. The number of carboxylic acid groups (broad SMARTS) is 1. The van der Waals surface area contributed by atoms with E-state index in [0.717, 1.165) is 34.0 Å². The van der Waals surface area contributed by atoms with Crippen LogP contribution in [0.5, 0.6) is 11.5 Å². The van der Waals surface area contributed by atoms with Crippen molar-refractivity contribution in [3.8, 4) is 22.6 Å². The molecule has 1 aromatic carbocycles. The minimum atomic E-state index is -0.250. The van der Waals surface area contributed by atoms with Crippen LogP contribution in [-0.4, -0.2) is 65.3 Å². The number of benzene rings is 1. The van der Waals surface area contributed by atoms with Gasteiger partial charge in [-0.15, -0.1) is 10.2 Å². The lowest BCUT2D eigenvalue weighted by molar-refractivity contribution is -0.123. The van der Waals surface area contributed by atoms with Crippen molar-refractivity contribution in [2.75, 3.05) is 33.6 Å². The Morgan fingerprint density at radius 2 is 1.74 bits per heavy atom. The maximum absolute atomic E-state index is 11.6. The molecule has 0 aliphatic heterocycles. The molecule has 2 N–H and O–H groups in total. The van der Waals surface area contributed by atoms with Gasteiger partial charge in [-0.2, -0.15) is 0 Å². The van der Waals surface area contributed by atoms with E-state index < -0.39 is 0 Å². The Bertz CT molecular complexity index is 1050. The molecule has 0 bridgehead atoms. The van der Waals surface area contributed by atoms with Crippen molar-refractivity contribution in [3.05, 3.63) is 35.8 Å². The molecule has 1 amide bonds. The van der Waals surface area contributed by atoms with Gasteiger partial charge in [0.25, 0.3) is 6.47 Å². The van der Waals surface area contributed by atoms with E-state index in [2.05, 4.69) is 20.4 Å². The van der Waals surface area contributed by atoms with Gasteiger partial charge < -0.3 is 24.8 Å². The molecule has 166 valence electrons. The van der Waals surface area contributed by atoms with Crippen molar-refractivity contribution in [1.29, 1.82) is 0 Å². The van der Waals surface area contributed by atoms with Crippen LogP contribution in [0.1, 0.15) is 18.3 Å². The van der Waals surface area contributed by atoms with E-state index in [1.165, 1.54) is 6.92 Å². The van der Waals surface area contributed by atoms with E-state index in [9.17, 15) is 4.79 Å². The van der Waals surface area contributed by atoms with Crippen molar-refractivity contribution in [2.45, 2.75) is 20.4 Å². The molecular weight excluding hydrogens is 402 g/mol. The van der Waals surface area contributed by atoms with Gasteiger partial charge >= 0.3 is 0 Å². The number of anilines is 1. The summed E-state index contributed by atoms with van der Waals surface area (Å²) >= 11 is 0. The number of pyridine rings is 1. The van der Waals surface area contributed by atoms with Gasteiger partial charge in [-0.3, -0.25) is 14.0 Å². The van der Waals surface area contributed by atoms with E-state index in [1.54, 1.807) is 14.2 Å². The second-order valence-corrected chi connectivity index (χ2v) is 6.97. The number of aromatic nitrogens is 3. The molecule has 3 rings (SSSR count). The van der Waals surface area contributed by atoms with Crippen LogP contribution in [0.15, 0.2) is 24.4 Å². The molecule has 0 spiro atoms. The Balaban J connectivity index is 0.00000107. The number of rotatable bonds is 6. The average Bonchev–Trinajstić information content (AvgIpc) is 3.09. The number of nitrogens with one attached hydrogen (secondary N) is 1. The number of carbonyl (C=O) groups is 2. The third kappa shape index (κ3) is 5.48. The maximum atomic E-state index is 11.6. The van der Waals surface area contributed by atoms with Crippen LogP contribution in [0.2, 0.25) is 0 Å². The first-order chi connectivity index (χ1) is 14.7. The summed E-state index contributed by atoms with van der Waals surface area (Å²) in [4.78, 5) is 22.1. The molecule has 0 saturated carbocycles. The lowest BCUT2D eigenvalue weighted by Gasteiger charge is -2.19. The fourth-order valence-corrected chi connectivity index (χ4v) is 3.17. The number of ether oxygens (including phenoxy) is 2. The van der Waals surface area contributed by atoms with Gasteiger partial charge in [0.2, 0.25) is 5.91 Å². The number of hydrogen-bond acceptors (Lipinski definition) is 7. The minimum absolute atomic E-state index is 0.170. The molecule has 0 aliphatic rings. The first-order valence-corrected chi connectivity index (χ1v) is 9.36. The summed E-state index contributed by atoms with van der Waals surface area (Å²) in [5.74, 6) is 2.04. The normalized spacial score (nSPS) is 10.4. The second kappa shape index (κ2) is 10.4. The molecule has 2 aromatic heterocycles. The number of aryl methyl sites for hydroxylation is 1. The number of hydrogen-bond donors (Lipinski definition) is 2. The zero-order valence-electron chi connectivity index (χ0n) is 18.5. The van der Waals surface area contributed by atoms with Crippen molar-refractivity contribution in [1.82, 2.24) is 19.5 Å². The fraction of sp³-hybridized carbons (Fsp3) is 0.333. The monoisotopic (exact) mass is 429 g/mol. The van der Waals surface area contributed by atoms with E-state index in [-0.39, 0.29) is 12.4 Å². The van der Waals surface area contributed by atoms with E-state index >= 15 is 0 Å². The Morgan fingerprint density at radius 1 is 1.16 bits per heavy atom. The summed E-state index contributed by atoms with van der Waals surface area (Å²) < 4.78 is 13.1. The molecule has 10 heteroatoms. The Hall–Kier alpha value is -3.66. The quantitative estimate of drug-likeness (QED) is 0.574. The number of amides is 1. The highest BCUT2D eigenvalue weighted by Gasteiger charge is 2.17. The van der Waals surface area contributed by atoms with E-state index in [1.807, 2.05) is 49.8 Å². The first-order valence-electron chi connectivity index (χ1n) is 9.36. The summed E-state index contributed by atoms with van der Waals surface area (Å²) in [5, 5.41) is 18.0. The molecule has 10 nitrogen and oxygen atoms in total. The van der Waals surface area contributed by atoms with Gasteiger partial charge in [0.05, 0.1) is 25.5 Å². The Labute approximate surface area is 180 Å². The van der Waals surface area contributed by atoms with Crippen LogP contribution in [0, 0.1) is 6.92 Å². The summed E-state index contributed by atoms with van der Waals surface area (Å²) in [6.45, 7) is 3.77. The van der Waals surface area contributed by atoms with E-state index in [0.29, 0.717) is 17.9 Å². The van der Waals surface area contributed by atoms with Gasteiger partial charge in [0, 0.05) is 25.2 Å². The third-order valence-corrected chi connectivity index (χ3v) is 4.40. The largest absolute Gasteiger partial charge is 0.496 e. The number of carbonyl (C=O) groups excluding carboxylic acids is 1. The molecule has 3 aromatic rings. The zero-order valence-corrected chi connectivity index (χ0v) is 18.5. The average molecular weight is 429 g/mol.